The molecule has 0 aliphatic rings. The number of nitrogens with two attached hydrogens (primary N) is 1. The van der Waals surface area contributed by atoms with Crippen LogP contribution < -0.4 is 15.2 Å². The lowest BCUT2D eigenvalue weighted by Gasteiger charge is -2.18. The van der Waals surface area contributed by atoms with Crippen molar-refractivity contribution in [3.63, 3.8) is 0 Å². The van der Waals surface area contributed by atoms with Crippen molar-refractivity contribution in [1.82, 2.24) is 0 Å². The van der Waals surface area contributed by atoms with Crippen LogP contribution in [0.4, 0.5) is 0 Å². The Labute approximate surface area is 114 Å². The second-order valence-corrected chi connectivity index (χ2v) is 5.74. The Morgan fingerprint density at radius 1 is 1.28 bits per heavy atom. The molecule has 1 aromatic carbocycles. The highest BCUT2D eigenvalue weighted by atomic mass is 32.2. The summed E-state index contributed by atoms with van der Waals surface area (Å²) < 4.78 is 10.6. The molecular formula is C14H23NO2S. The molecule has 0 aliphatic carbocycles. The van der Waals surface area contributed by atoms with E-state index in [0.29, 0.717) is 5.25 Å². The van der Waals surface area contributed by atoms with Crippen LogP contribution in [0.1, 0.15) is 31.9 Å². The van der Waals surface area contributed by atoms with Gasteiger partial charge in [-0.2, -0.15) is 11.8 Å². The average molecular weight is 269 g/mol. The summed E-state index contributed by atoms with van der Waals surface area (Å²) >= 11 is 1.90. The molecule has 0 amide bonds. The second-order valence-electron chi connectivity index (χ2n) is 4.27. The van der Waals surface area contributed by atoms with Gasteiger partial charge in [0.15, 0.2) is 0 Å². The predicted octanol–water partition coefficient (Wildman–Crippen LogP) is 3.24. The number of rotatable bonds is 7. The molecule has 0 saturated carbocycles. The van der Waals surface area contributed by atoms with E-state index in [4.69, 9.17) is 15.2 Å². The molecule has 0 aromatic heterocycles. The fourth-order valence-electron chi connectivity index (χ4n) is 1.60. The van der Waals surface area contributed by atoms with Gasteiger partial charge < -0.3 is 15.2 Å². The van der Waals surface area contributed by atoms with Crippen molar-refractivity contribution < 1.29 is 9.47 Å². The third-order valence-corrected chi connectivity index (χ3v) is 4.43. The summed E-state index contributed by atoms with van der Waals surface area (Å²) in [4.78, 5) is 0. The first kappa shape index (κ1) is 15.2. The van der Waals surface area contributed by atoms with Gasteiger partial charge in [-0.05, 0) is 12.5 Å². The molecule has 3 nitrogen and oxygen atoms in total. The molecule has 0 saturated heterocycles. The largest absolute Gasteiger partial charge is 0.497 e. The third-order valence-electron chi connectivity index (χ3n) is 2.98. The van der Waals surface area contributed by atoms with Crippen LogP contribution in [0.25, 0.3) is 0 Å². The van der Waals surface area contributed by atoms with Crippen LogP contribution in [0, 0.1) is 0 Å². The van der Waals surface area contributed by atoms with Crippen LogP contribution in [0.3, 0.4) is 0 Å². The lowest BCUT2D eigenvalue weighted by molar-refractivity contribution is 0.389. The number of hydrogen-bond donors (Lipinski definition) is 1. The first-order valence-corrected chi connectivity index (χ1v) is 7.26. The second kappa shape index (κ2) is 7.54. The SMILES string of the molecule is CCC(C)SCC(N)c1ccc(OC)cc1OC. The average Bonchev–Trinajstić information content (AvgIpc) is 2.43. The molecule has 0 heterocycles. The van der Waals surface area contributed by atoms with Gasteiger partial charge in [-0.15, -0.1) is 0 Å². The van der Waals surface area contributed by atoms with Crippen molar-refractivity contribution in [2.75, 3.05) is 20.0 Å². The first-order valence-electron chi connectivity index (χ1n) is 6.21. The molecular weight excluding hydrogens is 246 g/mol. The molecule has 0 aliphatic heterocycles. The van der Waals surface area contributed by atoms with E-state index in [1.807, 2.05) is 30.0 Å². The minimum Gasteiger partial charge on any atom is -0.497 e. The number of thioether (sulfide) groups is 1. The topological polar surface area (TPSA) is 44.5 Å². The van der Waals surface area contributed by atoms with E-state index in [1.54, 1.807) is 14.2 Å². The minimum atomic E-state index is -0.00939. The fraction of sp³-hybridized carbons (Fsp3) is 0.571. The van der Waals surface area contributed by atoms with E-state index in [-0.39, 0.29) is 6.04 Å². The maximum Gasteiger partial charge on any atom is 0.127 e. The molecule has 0 bridgehead atoms. The molecule has 102 valence electrons. The summed E-state index contributed by atoms with van der Waals surface area (Å²) in [5.74, 6) is 2.49. The van der Waals surface area contributed by atoms with Gasteiger partial charge >= 0.3 is 0 Å². The van der Waals surface area contributed by atoms with Crippen molar-refractivity contribution in [3.8, 4) is 11.5 Å². The van der Waals surface area contributed by atoms with E-state index >= 15 is 0 Å². The number of benzene rings is 1. The van der Waals surface area contributed by atoms with Crippen LogP contribution in [-0.2, 0) is 0 Å². The lowest BCUT2D eigenvalue weighted by Crippen LogP contribution is -2.15. The van der Waals surface area contributed by atoms with Crippen LogP contribution in [0.5, 0.6) is 11.5 Å². The number of hydrogen-bond acceptors (Lipinski definition) is 4. The van der Waals surface area contributed by atoms with E-state index in [2.05, 4.69) is 13.8 Å². The smallest absolute Gasteiger partial charge is 0.127 e. The zero-order chi connectivity index (χ0) is 13.5. The molecule has 0 spiro atoms. The van der Waals surface area contributed by atoms with Crippen molar-refractivity contribution >= 4 is 11.8 Å². The summed E-state index contributed by atoms with van der Waals surface area (Å²) in [6, 6.07) is 5.78. The molecule has 1 rings (SSSR count). The monoisotopic (exact) mass is 269 g/mol. The lowest BCUT2D eigenvalue weighted by atomic mass is 10.1. The van der Waals surface area contributed by atoms with Gasteiger partial charge in [-0.25, -0.2) is 0 Å². The summed E-state index contributed by atoms with van der Waals surface area (Å²) in [7, 11) is 3.31. The van der Waals surface area contributed by atoms with E-state index in [0.717, 1.165) is 29.2 Å². The van der Waals surface area contributed by atoms with Gasteiger partial charge in [0.25, 0.3) is 0 Å². The van der Waals surface area contributed by atoms with Crippen molar-refractivity contribution in [3.05, 3.63) is 23.8 Å². The Bertz CT molecular complexity index is 371. The molecule has 1 aromatic rings. The molecule has 2 atom stereocenters. The Kier molecular flexibility index (Phi) is 6.36. The Morgan fingerprint density at radius 3 is 2.56 bits per heavy atom. The normalized spacial score (nSPS) is 14.1. The zero-order valence-corrected chi connectivity index (χ0v) is 12.4. The maximum absolute atomic E-state index is 6.22. The van der Waals surface area contributed by atoms with Crippen LogP contribution >= 0.6 is 11.8 Å². The summed E-state index contributed by atoms with van der Waals surface area (Å²) in [6.07, 6.45) is 1.16. The van der Waals surface area contributed by atoms with Crippen molar-refractivity contribution in [2.45, 2.75) is 31.6 Å². The van der Waals surface area contributed by atoms with Crippen molar-refractivity contribution in [1.29, 1.82) is 0 Å². The van der Waals surface area contributed by atoms with Crippen LogP contribution in [0.15, 0.2) is 18.2 Å². The first-order chi connectivity index (χ1) is 8.62. The molecule has 0 radical (unpaired) electrons. The van der Waals surface area contributed by atoms with Crippen LogP contribution in [0.2, 0.25) is 0 Å². The highest BCUT2D eigenvalue weighted by Gasteiger charge is 2.14. The van der Waals surface area contributed by atoms with E-state index in [9.17, 15) is 0 Å². The Morgan fingerprint density at radius 2 is 2.00 bits per heavy atom. The quantitative estimate of drug-likeness (QED) is 0.825. The molecule has 18 heavy (non-hydrogen) atoms. The maximum atomic E-state index is 6.22. The molecule has 2 unspecified atom stereocenters. The van der Waals surface area contributed by atoms with Crippen molar-refractivity contribution in [2.24, 2.45) is 5.73 Å². The van der Waals surface area contributed by atoms with Gasteiger partial charge in [-0.1, -0.05) is 19.9 Å². The summed E-state index contributed by atoms with van der Waals surface area (Å²) in [5, 5.41) is 0.639. The van der Waals surface area contributed by atoms with Gasteiger partial charge in [0.05, 0.1) is 14.2 Å². The Balaban J connectivity index is 2.75. The van der Waals surface area contributed by atoms with Crippen LogP contribution in [-0.4, -0.2) is 25.2 Å². The van der Waals surface area contributed by atoms with Gasteiger partial charge in [-0.3, -0.25) is 0 Å². The highest BCUT2D eigenvalue weighted by Crippen LogP contribution is 2.30. The summed E-state index contributed by atoms with van der Waals surface area (Å²) in [5.41, 5.74) is 7.26. The fourth-order valence-corrected chi connectivity index (χ4v) is 2.55. The van der Waals surface area contributed by atoms with E-state index in [1.165, 1.54) is 0 Å². The predicted molar refractivity (Wildman–Crippen MR) is 78.7 cm³/mol. The third kappa shape index (κ3) is 4.10. The number of ether oxygens (including phenoxy) is 2. The molecule has 2 N–H and O–H groups in total. The van der Waals surface area contributed by atoms with Gasteiger partial charge in [0, 0.05) is 28.7 Å². The summed E-state index contributed by atoms with van der Waals surface area (Å²) in [6.45, 7) is 4.42. The zero-order valence-electron chi connectivity index (χ0n) is 11.6. The van der Waals surface area contributed by atoms with E-state index < -0.39 is 0 Å². The standard InChI is InChI=1S/C14H23NO2S/c1-5-10(2)18-9-13(15)12-7-6-11(16-3)8-14(12)17-4/h6-8,10,13H,5,9,15H2,1-4H3. The molecule has 0 fully saturated rings. The highest BCUT2D eigenvalue weighted by molar-refractivity contribution is 7.99. The Hall–Kier alpha value is -0.870. The minimum absolute atomic E-state index is 0.00939. The molecule has 4 heteroatoms. The number of methoxy groups -OCH3 is 2. The van der Waals surface area contributed by atoms with Gasteiger partial charge in [0.1, 0.15) is 11.5 Å². The van der Waals surface area contributed by atoms with Gasteiger partial charge in [0.2, 0.25) is 0 Å².